The topological polar surface area (TPSA) is 60.2 Å². The summed E-state index contributed by atoms with van der Waals surface area (Å²) in [6.45, 7) is 2.52. The van der Waals surface area contributed by atoms with Gasteiger partial charge >= 0.3 is 0 Å². The Morgan fingerprint density at radius 2 is 2.06 bits per heavy atom. The van der Waals surface area contributed by atoms with E-state index >= 15 is 0 Å². The van der Waals surface area contributed by atoms with E-state index in [-0.39, 0.29) is 43.3 Å². The second-order valence-corrected chi connectivity index (χ2v) is 3.49. The van der Waals surface area contributed by atoms with E-state index in [0.717, 1.165) is 25.1 Å². The van der Waals surface area contributed by atoms with Crippen molar-refractivity contribution in [2.75, 3.05) is 25.5 Å². The molecule has 0 aromatic carbocycles. The zero-order valence-electron chi connectivity index (χ0n) is 9.30. The molecule has 0 radical (unpaired) electrons. The molecule has 2 heterocycles. The summed E-state index contributed by atoms with van der Waals surface area (Å²) in [7, 11) is 0. The standard InChI is InChI=1S/C10H15N3O.3ClH/c11-9-4-8(5-12-6-9)10-7-14-3-1-2-13-10;;;/h4-6,10,13H,1-3,7,11H2;3*1H. The molecule has 1 unspecified atom stereocenters. The molecule has 1 atom stereocenters. The number of aromatic nitrogens is 1. The minimum absolute atomic E-state index is 0. The summed E-state index contributed by atoms with van der Waals surface area (Å²) in [5.41, 5.74) is 7.48. The fraction of sp³-hybridized carbons (Fsp3) is 0.500. The smallest absolute Gasteiger partial charge is 0.0662 e. The highest BCUT2D eigenvalue weighted by Gasteiger charge is 2.14. The largest absolute Gasteiger partial charge is 0.397 e. The lowest BCUT2D eigenvalue weighted by Crippen LogP contribution is -2.23. The second-order valence-electron chi connectivity index (χ2n) is 3.49. The molecule has 0 spiro atoms. The van der Waals surface area contributed by atoms with E-state index in [1.165, 1.54) is 0 Å². The van der Waals surface area contributed by atoms with Crippen LogP contribution in [0.25, 0.3) is 0 Å². The van der Waals surface area contributed by atoms with Gasteiger partial charge in [0.2, 0.25) is 0 Å². The van der Waals surface area contributed by atoms with Gasteiger partial charge in [-0.15, -0.1) is 37.2 Å². The number of hydrogen-bond donors (Lipinski definition) is 2. The summed E-state index contributed by atoms with van der Waals surface area (Å²) in [5, 5.41) is 3.40. The normalized spacial score (nSPS) is 18.9. The van der Waals surface area contributed by atoms with Crippen LogP contribution >= 0.6 is 37.2 Å². The summed E-state index contributed by atoms with van der Waals surface area (Å²) in [5.74, 6) is 0. The van der Waals surface area contributed by atoms with Crippen molar-refractivity contribution in [3.63, 3.8) is 0 Å². The first-order valence-electron chi connectivity index (χ1n) is 4.88. The van der Waals surface area contributed by atoms with Crippen LogP contribution in [-0.4, -0.2) is 24.7 Å². The Kier molecular flexibility index (Phi) is 10.9. The highest BCUT2D eigenvalue weighted by Crippen LogP contribution is 2.16. The number of nitrogen functional groups attached to an aromatic ring is 1. The monoisotopic (exact) mass is 301 g/mol. The van der Waals surface area contributed by atoms with E-state index in [1.54, 1.807) is 6.20 Å². The molecule has 0 amide bonds. The summed E-state index contributed by atoms with van der Waals surface area (Å²) in [6.07, 6.45) is 4.55. The van der Waals surface area contributed by atoms with Crippen LogP contribution in [-0.2, 0) is 4.74 Å². The summed E-state index contributed by atoms with van der Waals surface area (Å²) in [6, 6.07) is 2.17. The van der Waals surface area contributed by atoms with Gasteiger partial charge < -0.3 is 15.8 Å². The third-order valence-electron chi connectivity index (χ3n) is 2.32. The first-order valence-corrected chi connectivity index (χ1v) is 4.88. The molecule has 1 aliphatic rings. The number of rotatable bonds is 1. The predicted molar refractivity (Wildman–Crippen MR) is 76.6 cm³/mol. The number of halogens is 3. The molecule has 1 fully saturated rings. The van der Waals surface area contributed by atoms with Crippen LogP contribution in [0.5, 0.6) is 0 Å². The van der Waals surface area contributed by atoms with Crippen LogP contribution in [0, 0.1) is 0 Å². The molecular weight excluding hydrogens is 284 g/mol. The molecule has 1 aliphatic heterocycles. The van der Waals surface area contributed by atoms with Gasteiger partial charge in [0.1, 0.15) is 0 Å². The molecule has 0 bridgehead atoms. The third kappa shape index (κ3) is 5.75. The van der Waals surface area contributed by atoms with Crippen molar-refractivity contribution < 1.29 is 4.74 Å². The van der Waals surface area contributed by atoms with Gasteiger partial charge in [-0.25, -0.2) is 0 Å². The lowest BCUT2D eigenvalue weighted by atomic mass is 10.1. The van der Waals surface area contributed by atoms with Crippen molar-refractivity contribution in [3.05, 3.63) is 24.0 Å². The SMILES string of the molecule is Cl.Cl.Cl.Nc1cncc(C2COCCCN2)c1. The van der Waals surface area contributed by atoms with E-state index in [2.05, 4.69) is 10.3 Å². The van der Waals surface area contributed by atoms with Gasteiger partial charge in [0.15, 0.2) is 0 Å². The minimum Gasteiger partial charge on any atom is -0.397 e. The average molecular weight is 303 g/mol. The van der Waals surface area contributed by atoms with Crippen LogP contribution in [0.2, 0.25) is 0 Å². The van der Waals surface area contributed by atoms with Crippen molar-refractivity contribution in [1.29, 1.82) is 0 Å². The Hall–Kier alpha value is -0.260. The van der Waals surface area contributed by atoms with Gasteiger partial charge in [0, 0.05) is 19.0 Å². The predicted octanol–water partition coefficient (Wildman–Crippen LogP) is 1.98. The molecule has 100 valence electrons. The molecule has 1 saturated heterocycles. The van der Waals surface area contributed by atoms with Gasteiger partial charge in [0.25, 0.3) is 0 Å². The Labute approximate surface area is 120 Å². The van der Waals surface area contributed by atoms with Crippen molar-refractivity contribution in [2.24, 2.45) is 0 Å². The number of ether oxygens (including phenoxy) is 1. The maximum absolute atomic E-state index is 5.67. The van der Waals surface area contributed by atoms with E-state index in [1.807, 2.05) is 12.3 Å². The highest BCUT2D eigenvalue weighted by molar-refractivity contribution is 5.86. The van der Waals surface area contributed by atoms with Crippen LogP contribution in [0.3, 0.4) is 0 Å². The van der Waals surface area contributed by atoms with E-state index in [9.17, 15) is 0 Å². The number of hydrogen-bond acceptors (Lipinski definition) is 4. The number of nitrogens with zero attached hydrogens (tertiary/aromatic N) is 1. The average Bonchev–Trinajstić information content (AvgIpc) is 2.45. The third-order valence-corrected chi connectivity index (χ3v) is 2.32. The van der Waals surface area contributed by atoms with E-state index < -0.39 is 0 Å². The zero-order chi connectivity index (χ0) is 9.80. The Balaban J connectivity index is 0. The van der Waals surface area contributed by atoms with Crippen molar-refractivity contribution in [3.8, 4) is 0 Å². The van der Waals surface area contributed by atoms with Gasteiger partial charge in [-0.2, -0.15) is 0 Å². The molecular formula is C10H18Cl3N3O. The summed E-state index contributed by atoms with van der Waals surface area (Å²) < 4.78 is 5.47. The van der Waals surface area contributed by atoms with E-state index in [0.29, 0.717) is 12.3 Å². The van der Waals surface area contributed by atoms with Gasteiger partial charge in [-0.3, -0.25) is 4.98 Å². The van der Waals surface area contributed by atoms with Crippen LogP contribution in [0.15, 0.2) is 18.5 Å². The molecule has 1 aromatic heterocycles. The van der Waals surface area contributed by atoms with Crippen molar-refractivity contribution in [1.82, 2.24) is 10.3 Å². The second kappa shape index (κ2) is 9.74. The Morgan fingerprint density at radius 3 is 2.76 bits per heavy atom. The van der Waals surface area contributed by atoms with Crippen molar-refractivity contribution in [2.45, 2.75) is 12.5 Å². The lowest BCUT2D eigenvalue weighted by Gasteiger charge is -2.15. The number of nitrogens with one attached hydrogen (secondary N) is 1. The van der Waals surface area contributed by atoms with Gasteiger partial charge in [0.05, 0.1) is 18.3 Å². The molecule has 2 rings (SSSR count). The van der Waals surface area contributed by atoms with E-state index in [4.69, 9.17) is 10.5 Å². The van der Waals surface area contributed by atoms with Crippen LogP contribution in [0.4, 0.5) is 5.69 Å². The quantitative estimate of drug-likeness (QED) is 0.833. The minimum atomic E-state index is 0. The van der Waals surface area contributed by atoms with Gasteiger partial charge in [-0.05, 0) is 24.6 Å². The summed E-state index contributed by atoms with van der Waals surface area (Å²) in [4.78, 5) is 4.07. The maximum Gasteiger partial charge on any atom is 0.0662 e. The molecule has 4 nitrogen and oxygen atoms in total. The fourth-order valence-electron chi connectivity index (χ4n) is 1.59. The first-order chi connectivity index (χ1) is 6.86. The summed E-state index contributed by atoms with van der Waals surface area (Å²) >= 11 is 0. The lowest BCUT2D eigenvalue weighted by molar-refractivity contribution is 0.131. The van der Waals surface area contributed by atoms with Crippen LogP contribution < -0.4 is 11.1 Å². The molecule has 3 N–H and O–H groups in total. The zero-order valence-corrected chi connectivity index (χ0v) is 11.7. The number of nitrogens with two attached hydrogens (primary N) is 1. The highest BCUT2D eigenvalue weighted by atomic mass is 35.5. The molecule has 0 saturated carbocycles. The number of pyridine rings is 1. The molecule has 17 heavy (non-hydrogen) atoms. The molecule has 7 heteroatoms. The first kappa shape index (κ1) is 19.1. The molecule has 0 aliphatic carbocycles. The fourth-order valence-corrected chi connectivity index (χ4v) is 1.59. The number of anilines is 1. The Morgan fingerprint density at radius 1 is 1.29 bits per heavy atom. The van der Waals surface area contributed by atoms with Gasteiger partial charge in [-0.1, -0.05) is 0 Å². The van der Waals surface area contributed by atoms with Crippen LogP contribution in [0.1, 0.15) is 18.0 Å². The van der Waals surface area contributed by atoms with Crippen molar-refractivity contribution >= 4 is 42.9 Å². The Bertz CT molecular complexity index is 307. The molecule has 1 aromatic rings. The maximum atomic E-state index is 5.67.